The van der Waals surface area contributed by atoms with E-state index in [0.29, 0.717) is 0 Å². The predicted octanol–water partition coefficient (Wildman–Crippen LogP) is 0.910. The lowest BCUT2D eigenvalue weighted by molar-refractivity contribution is -0.156. The Hall–Kier alpha value is -0.280. The molecule has 1 atom stereocenters. The summed E-state index contributed by atoms with van der Waals surface area (Å²) in [4.78, 5) is 13.5. The zero-order chi connectivity index (χ0) is 8.77. The summed E-state index contributed by atoms with van der Waals surface area (Å²) in [7, 11) is 0. The first kappa shape index (κ1) is 10.8. The first-order valence-electron chi connectivity index (χ1n) is 4.73. The van der Waals surface area contributed by atoms with Crippen molar-refractivity contribution >= 4 is 18.3 Å². The second-order valence-corrected chi connectivity index (χ2v) is 4.11. The summed E-state index contributed by atoms with van der Waals surface area (Å²) < 4.78 is 0. The highest BCUT2D eigenvalue weighted by Crippen LogP contribution is 2.47. The molecule has 1 amide bonds. The Kier molecular flexibility index (Phi) is 2.88. The fourth-order valence-electron chi connectivity index (χ4n) is 2.23. The van der Waals surface area contributed by atoms with Crippen molar-refractivity contribution in [1.29, 1.82) is 0 Å². The minimum Gasteiger partial charge on any atom is -0.336 e. The summed E-state index contributed by atoms with van der Waals surface area (Å²) in [6.45, 7) is 2.70. The molecule has 1 spiro atoms. The van der Waals surface area contributed by atoms with Crippen LogP contribution < -0.4 is 5.73 Å². The third kappa shape index (κ3) is 1.44. The highest BCUT2D eigenvalue weighted by molar-refractivity contribution is 5.85. The molecule has 2 rings (SSSR count). The molecule has 1 saturated heterocycles. The maximum Gasteiger partial charge on any atom is 0.239 e. The third-order valence-electron chi connectivity index (χ3n) is 3.31. The van der Waals surface area contributed by atoms with Crippen LogP contribution >= 0.6 is 12.4 Å². The topological polar surface area (TPSA) is 46.3 Å². The van der Waals surface area contributed by atoms with E-state index in [2.05, 4.69) is 0 Å². The van der Waals surface area contributed by atoms with Gasteiger partial charge in [-0.1, -0.05) is 0 Å². The van der Waals surface area contributed by atoms with Gasteiger partial charge in [0.05, 0.1) is 6.04 Å². The predicted molar refractivity (Wildman–Crippen MR) is 53.8 cm³/mol. The van der Waals surface area contributed by atoms with Crippen molar-refractivity contribution in [1.82, 2.24) is 4.90 Å². The van der Waals surface area contributed by atoms with Crippen LogP contribution in [0.15, 0.2) is 0 Å². The van der Waals surface area contributed by atoms with Crippen molar-refractivity contribution < 1.29 is 4.79 Å². The lowest BCUT2D eigenvalue weighted by Crippen LogP contribution is -2.67. The molecular weight excluding hydrogens is 188 g/mol. The molecule has 76 valence electrons. The average molecular weight is 205 g/mol. The van der Waals surface area contributed by atoms with Gasteiger partial charge in [0, 0.05) is 12.1 Å². The van der Waals surface area contributed by atoms with E-state index < -0.39 is 0 Å². The quantitative estimate of drug-likeness (QED) is 0.690. The molecule has 3 nitrogen and oxygen atoms in total. The molecule has 0 aromatic heterocycles. The number of carbonyl (C=O) groups excluding carboxylic acids is 1. The van der Waals surface area contributed by atoms with Crippen LogP contribution in [0, 0.1) is 0 Å². The second kappa shape index (κ2) is 3.46. The molecule has 0 aromatic carbocycles. The molecule has 0 radical (unpaired) electrons. The number of nitrogens with zero attached hydrogens (tertiary/aromatic N) is 1. The Morgan fingerprint density at radius 2 is 2.08 bits per heavy atom. The maximum absolute atomic E-state index is 11.5. The Labute approximate surface area is 85.1 Å². The SMILES string of the molecule is C[C@H](N)C(=O)N1CCC12CCC2.Cl. The average Bonchev–Trinajstić information content (AvgIpc) is 1.81. The zero-order valence-electron chi connectivity index (χ0n) is 7.95. The minimum absolute atomic E-state index is 0. The van der Waals surface area contributed by atoms with E-state index in [4.69, 9.17) is 5.73 Å². The Morgan fingerprint density at radius 1 is 1.46 bits per heavy atom. The maximum atomic E-state index is 11.5. The number of halogens is 1. The van der Waals surface area contributed by atoms with Crippen LogP contribution in [0.5, 0.6) is 0 Å². The van der Waals surface area contributed by atoms with Crippen LogP contribution in [-0.4, -0.2) is 28.9 Å². The van der Waals surface area contributed by atoms with Crippen LogP contribution in [0.2, 0.25) is 0 Å². The fourth-order valence-corrected chi connectivity index (χ4v) is 2.23. The van der Waals surface area contributed by atoms with Crippen LogP contribution in [0.3, 0.4) is 0 Å². The lowest BCUT2D eigenvalue weighted by Gasteiger charge is -2.59. The van der Waals surface area contributed by atoms with Crippen molar-refractivity contribution in [3.63, 3.8) is 0 Å². The number of hydrogen-bond acceptors (Lipinski definition) is 2. The molecule has 1 saturated carbocycles. The van der Waals surface area contributed by atoms with E-state index in [1.54, 1.807) is 6.92 Å². The second-order valence-electron chi connectivity index (χ2n) is 4.11. The number of hydrogen-bond donors (Lipinski definition) is 1. The van der Waals surface area contributed by atoms with E-state index >= 15 is 0 Å². The van der Waals surface area contributed by atoms with E-state index in [9.17, 15) is 4.79 Å². The third-order valence-corrected chi connectivity index (χ3v) is 3.31. The molecule has 0 aromatic rings. The summed E-state index contributed by atoms with van der Waals surface area (Å²) in [6.07, 6.45) is 4.88. The normalized spacial score (nSPS) is 25.5. The van der Waals surface area contributed by atoms with Crippen molar-refractivity contribution in [3.8, 4) is 0 Å². The van der Waals surface area contributed by atoms with Crippen molar-refractivity contribution in [3.05, 3.63) is 0 Å². The summed E-state index contributed by atoms with van der Waals surface area (Å²) in [5.74, 6) is 0.140. The van der Waals surface area contributed by atoms with Gasteiger partial charge in [0.1, 0.15) is 0 Å². The first-order chi connectivity index (χ1) is 5.66. The van der Waals surface area contributed by atoms with E-state index in [0.717, 1.165) is 6.54 Å². The monoisotopic (exact) mass is 204 g/mol. The van der Waals surface area contributed by atoms with Crippen molar-refractivity contribution in [2.24, 2.45) is 5.73 Å². The smallest absolute Gasteiger partial charge is 0.239 e. The molecule has 2 N–H and O–H groups in total. The van der Waals surface area contributed by atoms with E-state index in [1.165, 1.54) is 25.7 Å². The van der Waals surface area contributed by atoms with E-state index in [-0.39, 0.29) is 29.9 Å². The molecular formula is C9H17ClN2O. The summed E-state index contributed by atoms with van der Waals surface area (Å²) in [5.41, 5.74) is 5.82. The van der Waals surface area contributed by atoms with Gasteiger partial charge in [0.2, 0.25) is 5.91 Å². The van der Waals surface area contributed by atoms with Crippen LogP contribution in [0.1, 0.15) is 32.6 Å². The van der Waals surface area contributed by atoms with Crippen LogP contribution in [0.25, 0.3) is 0 Å². The van der Waals surface area contributed by atoms with Gasteiger partial charge in [-0.05, 0) is 32.6 Å². The first-order valence-corrected chi connectivity index (χ1v) is 4.73. The number of nitrogens with two attached hydrogens (primary N) is 1. The minimum atomic E-state index is -0.317. The van der Waals surface area contributed by atoms with Gasteiger partial charge in [0.25, 0.3) is 0 Å². The van der Waals surface area contributed by atoms with Gasteiger partial charge >= 0.3 is 0 Å². The lowest BCUT2D eigenvalue weighted by atomic mass is 9.67. The van der Waals surface area contributed by atoms with E-state index in [1.807, 2.05) is 4.90 Å². The molecule has 1 heterocycles. The Balaban J connectivity index is 0.000000845. The molecule has 4 heteroatoms. The summed E-state index contributed by atoms with van der Waals surface area (Å²) >= 11 is 0. The van der Waals surface area contributed by atoms with Crippen molar-refractivity contribution in [2.75, 3.05) is 6.54 Å². The van der Waals surface area contributed by atoms with Crippen molar-refractivity contribution in [2.45, 2.75) is 44.2 Å². The van der Waals surface area contributed by atoms with Gasteiger partial charge in [-0.3, -0.25) is 4.79 Å². The summed E-state index contributed by atoms with van der Waals surface area (Å²) in [6, 6.07) is -0.317. The standard InChI is InChI=1S/C9H16N2O.ClH/c1-7(10)8(12)11-6-5-9(11)3-2-4-9;/h7H,2-6,10H2,1H3;1H/t7-;/m0./s1. The zero-order valence-corrected chi connectivity index (χ0v) is 8.77. The fraction of sp³-hybridized carbons (Fsp3) is 0.889. The van der Waals surface area contributed by atoms with Gasteiger partial charge in [0.15, 0.2) is 0 Å². The van der Waals surface area contributed by atoms with Gasteiger partial charge in [-0.2, -0.15) is 0 Å². The molecule has 0 unspecified atom stereocenters. The number of carbonyl (C=O) groups is 1. The van der Waals surface area contributed by atoms with Crippen LogP contribution in [0.4, 0.5) is 0 Å². The van der Waals surface area contributed by atoms with Gasteiger partial charge in [-0.15, -0.1) is 12.4 Å². The highest BCUT2D eigenvalue weighted by atomic mass is 35.5. The van der Waals surface area contributed by atoms with Gasteiger partial charge in [-0.25, -0.2) is 0 Å². The van der Waals surface area contributed by atoms with Gasteiger partial charge < -0.3 is 10.6 Å². The molecule has 13 heavy (non-hydrogen) atoms. The number of amides is 1. The number of likely N-dealkylation sites (tertiary alicyclic amines) is 1. The molecule has 2 aliphatic rings. The Bertz CT molecular complexity index is 208. The molecule has 1 aliphatic carbocycles. The molecule has 1 aliphatic heterocycles. The number of rotatable bonds is 1. The molecule has 0 bridgehead atoms. The Morgan fingerprint density at radius 3 is 2.31 bits per heavy atom. The molecule has 2 fully saturated rings. The summed E-state index contributed by atoms with van der Waals surface area (Å²) in [5, 5.41) is 0. The highest BCUT2D eigenvalue weighted by Gasteiger charge is 2.51. The van der Waals surface area contributed by atoms with Crippen LogP contribution in [-0.2, 0) is 4.79 Å². The largest absolute Gasteiger partial charge is 0.336 e.